The Labute approximate surface area is 159 Å². The highest BCUT2D eigenvalue weighted by Gasteiger charge is 2.33. The molecule has 1 aromatic rings. The summed E-state index contributed by atoms with van der Waals surface area (Å²) >= 11 is 0. The van der Waals surface area contributed by atoms with E-state index in [1.54, 1.807) is 6.20 Å². The average Bonchev–Trinajstić information content (AvgIpc) is 3.06. The molecule has 4 rings (SSSR count). The maximum Gasteiger partial charge on any atom is 0.250 e. The van der Waals surface area contributed by atoms with Gasteiger partial charge in [0.25, 0.3) is 5.91 Å². The summed E-state index contributed by atoms with van der Waals surface area (Å²) in [4.78, 5) is 30.6. The molecule has 1 saturated heterocycles. The van der Waals surface area contributed by atoms with Crippen molar-refractivity contribution >= 4 is 23.2 Å². The minimum absolute atomic E-state index is 0.0822. The Bertz CT molecular complexity index is 843. The second-order valence-corrected chi connectivity index (χ2v) is 7.68. The van der Waals surface area contributed by atoms with Crippen LogP contribution in [0.1, 0.15) is 60.0 Å². The minimum atomic E-state index is -0.403. The van der Waals surface area contributed by atoms with Gasteiger partial charge in [0.2, 0.25) is 5.91 Å². The Balaban J connectivity index is 1.70. The first-order valence-electron chi connectivity index (χ1n) is 9.79. The number of primary amides is 1. The van der Waals surface area contributed by atoms with Crippen LogP contribution >= 0.6 is 0 Å². The zero-order valence-corrected chi connectivity index (χ0v) is 15.6. The van der Waals surface area contributed by atoms with Crippen molar-refractivity contribution in [3.8, 4) is 0 Å². The molecule has 3 aliphatic rings. The number of piperidine rings is 1. The van der Waals surface area contributed by atoms with Gasteiger partial charge in [-0.25, -0.2) is 4.98 Å². The fraction of sp³-hybridized carbons (Fsp3) is 0.476. The molecule has 6 nitrogen and oxygen atoms in total. The molecule has 0 bridgehead atoms. The number of amides is 2. The van der Waals surface area contributed by atoms with Gasteiger partial charge in [-0.05, 0) is 62.2 Å². The number of hydrogen-bond acceptors (Lipinski definition) is 4. The van der Waals surface area contributed by atoms with E-state index in [1.165, 1.54) is 30.1 Å². The Kier molecular flexibility index (Phi) is 4.72. The second-order valence-electron chi connectivity index (χ2n) is 7.68. The van der Waals surface area contributed by atoms with E-state index in [4.69, 9.17) is 5.73 Å². The van der Waals surface area contributed by atoms with E-state index in [-0.39, 0.29) is 11.9 Å². The van der Waals surface area contributed by atoms with Crippen molar-refractivity contribution in [2.45, 2.75) is 51.0 Å². The lowest BCUT2D eigenvalue weighted by atomic mass is 9.91. The SMILES string of the molecule is C=CC(=O)N[C@H]1CCCN(c2ncc(C(N)=O)c3c2C2=C(CCCC2)C3)C1. The van der Waals surface area contributed by atoms with Gasteiger partial charge < -0.3 is 16.0 Å². The van der Waals surface area contributed by atoms with Crippen LogP contribution in [0.25, 0.3) is 5.57 Å². The van der Waals surface area contributed by atoms with Crippen LogP contribution in [0.15, 0.2) is 24.4 Å². The lowest BCUT2D eigenvalue weighted by Crippen LogP contribution is -2.48. The molecule has 1 aliphatic heterocycles. The number of aromatic nitrogens is 1. The Hall–Kier alpha value is -2.63. The molecule has 0 saturated carbocycles. The summed E-state index contributed by atoms with van der Waals surface area (Å²) in [5, 5.41) is 3.01. The van der Waals surface area contributed by atoms with Crippen molar-refractivity contribution in [2.75, 3.05) is 18.0 Å². The summed E-state index contributed by atoms with van der Waals surface area (Å²) in [5.74, 6) is 0.403. The normalized spacial score (nSPS) is 21.5. The predicted molar refractivity (Wildman–Crippen MR) is 105 cm³/mol. The molecule has 1 atom stereocenters. The first kappa shape index (κ1) is 17.8. The molecule has 2 aliphatic carbocycles. The topological polar surface area (TPSA) is 88.3 Å². The molecule has 27 heavy (non-hydrogen) atoms. The highest BCUT2D eigenvalue weighted by Crippen LogP contribution is 2.46. The first-order chi connectivity index (χ1) is 13.1. The number of allylic oxidation sites excluding steroid dienone is 2. The van der Waals surface area contributed by atoms with Crippen molar-refractivity contribution in [2.24, 2.45) is 5.73 Å². The molecule has 142 valence electrons. The number of nitrogens with zero attached hydrogens (tertiary/aromatic N) is 2. The Morgan fingerprint density at radius 1 is 1.30 bits per heavy atom. The van der Waals surface area contributed by atoms with Crippen LogP contribution in [0.3, 0.4) is 0 Å². The standard InChI is InChI=1S/C21H26N4O2/c1-2-18(26)24-14-7-5-9-25(12-14)21-19-15-8-4-3-6-13(15)10-16(19)17(11-23-21)20(22)27/h2,11,14H,1,3-10,12H2,(H2,22,27)(H,24,26)/t14-/m0/s1. The van der Waals surface area contributed by atoms with Crippen LogP contribution in [0, 0.1) is 0 Å². The quantitative estimate of drug-likeness (QED) is 0.801. The molecule has 2 heterocycles. The number of nitrogens with one attached hydrogen (secondary N) is 1. The van der Waals surface area contributed by atoms with Crippen LogP contribution in [0.2, 0.25) is 0 Å². The zero-order chi connectivity index (χ0) is 19.0. The van der Waals surface area contributed by atoms with Crippen molar-refractivity contribution in [1.29, 1.82) is 0 Å². The van der Waals surface area contributed by atoms with E-state index in [0.29, 0.717) is 5.56 Å². The van der Waals surface area contributed by atoms with E-state index >= 15 is 0 Å². The van der Waals surface area contributed by atoms with Crippen LogP contribution in [0.4, 0.5) is 5.82 Å². The lowest BCUT2D eigenvalue weighted by Gasteiger charge is -2.35. The number of hydrogen-bond donors (Lipinski definition) is 2. The van der Waals surface area contributed by atoms with Gasteiger partial charge in [-0.2, -0.15) is 0 Å². The Morgan fingerprint density at radius 2 is 2.11 bits per heavy atom. The van der Waals surface area contributed by atoms with Gasteiger partial charge in [-0.1, -0.05) is 12.2 Å². The monoisotopic (exact) mass is 366 g/mol. The smallest absolute Gasteiger partial charge is 0.250 e. The predicted octanol–water partition coefficient (Wildman–Crippen LogP) is 2.34. The maximum atomic E-state index is 12.0. The number of carbonyl (C=O) groups is 2. The molecular weight excluding hydrogens is 340 g/mol. The summed E-state index contributed by atoms with van der Waals surface area (Å²) in [7, 11) is 0. The molecule has 1 aromatic heterocycles. The number of nitrogens with two attached hydrogens (primary N) is 1. The van der Waals surface area contributed by atoms with Crippen LogP contribution < -0.4 is 16.0 Å². The minimum Gasteiger partial charge on any atom is -0.366 e. The molecule has 0 radical (unpaired) electrons. The summed E-state index contributed by atoms with van der Waals surface area (Å²) in [6.45, 7) is 5.16. The second kappa shape index (κ2) is 7.18. The number of rotatable bonds is 4. The van der Waals surface area contributed by atoms with Crippen LogP contribution in [0.5, 0.6) is 0 Å². The maximum absolute atomic E-state index is 12.0. The third-order valence-corrected chi connectivity index (χ3v) is 5.96. The summed E-state index contributed by atoms with van der Waals surface area (Å²) in [5.41, 5.74) is 11.2. The number of anilines is 1. The van der Waals surface area contributed by atoms with Gasteiger partial charge in [-0.15, -0.1) is 0 Å². The molecule has 3 N–H and O–H groups in total. The summed E-state index contributed by atoms with van der Waals surface area (Å²) < 4.78 is 0. The number of pyridine rings is 1. The molecule has 0 aromatic carbocycles. The van der Waals surface area contributed by atoms with E-state index in [2.05, 4.69) is 21.8 Å². The van der Waals surface area contributed by atoms with Gasteiger partial charge in [-0.3, -0.25) is 9.59 Å². The van der Waals surface area contributed by atoms with Crippen molar-refractivity contribution in [3.05, 3.63) is 41.1 Å². The van der Waals surface area contributed by atoms with Gasteiger partial charge >= 0.3 is 0 Å². The zero-order valence-electron chi connectivity index (χ0n) is 15.6. The largest absolute Gasteiger partial charge is 0.366 e. The van der Waals surface area contributed by atoms with E-state index in [9.17, 15) is 9.59 Å². The van der Waals surface area contributed by atoms with Gasteiger partial charge in [0.15, 0.2) is 0 Å². The third kappa shape index (κ3) is 3.24. The molecule has 2 amide bonds. The highest BCUT2D eigenvalue weighted by atomic mass is 16.1. The van der Waals surface area contributed by atoms with Crippen molar-refractivity contribution in [1.82, 2.24) is 10.3 Å². The highest BCUT2D eigenvalue weighted by molar-refractivity contribution is 5.98. The number of fused-ring (bicyclic) bond motifs is 2. The fourth-order valence-corrected chi connectivity index (χ4v) is 4.72. The number of carbonyl (C=O) groups excluding carboxylic acids is 2. The molecule has 6 heteroatoms. The summed E-state index contributed by atoms with van der Waals surface area (Å²) in [6, 6.07) is 0.0822. The first-order valence-corrected chi connectivity index (χ1v) is 9.79. The van der Waals surface area contributed by atoms with Gasteiger partial charge in [0.05, 0.1) is 5.56 Å². The summed E-state index contributed by atoms with van der Waals surface area (Å²) in [6.07, 6.45) is 10.2. The van der Waals surface area contributed by atoms with E-state index in [0.717, 1.165) is 62.1 Å². The average molecular weight is 366 g/mol. The lowest BCUT2D eigenvalue weighted by molar-refractivity contribution is -0.117. The van der Waals surface area contributed by atoms with Crippen molar-refractivity contribution in [3.63, 3.8) is 0 Å². The van der Waals surface area contributed by atoms with Crippen LogP contribution in [-0.4, -0.2) is 35.9 Å². The molecule has 1 fully saturated rings. The van der Waals surface area contributed by atoms with E-state index in [1.807, 2.05) is 0 Å². The van der Waals surface area contributed by atoms with Crippen LogP contribution in [-0.2, 0) is 11.2 Å². The molecule has 0 spiro atoms. The molecule has 0 unspecified atom stereocenters. The van der Waals surface area contributed by atoms with Gasteiger partial charge in [0, 0.05) is 30.9 Å². The molecular formula is C21H26N4O2. The third-order valence-electron chi connectivity index (χ3n) is 5.96. The van der Waals surface area contributed by atoms with E-state index < -0.39 is 5.91 Å². The van der Waals surface area contributed by atoms with Gasteiger partial charge in [0.1, 0.15) is 5.82 Å². The fourth-order valence-electron chi connectivity index (χ4n) is 4.72. The Morgan fingerprint density at radius 3 is 2.89 bits per heavy atom. The van der Waals surface area contributed by atoms with Crippen molar-refractivity contribution < 1.29 is 9.59 Å².